The lowest BCUT2D eigenvalue weighted by Gasteiger charge is -2.22. The third-order valence-corrected chi connectivity index (χ3v) is 5.36. The highest BCUT2D eigenvalue weighted by Crippen LogP contribution is 2.29. The van der Waals surface area contributed by atoms with Crippen LogP contribution in [-0.2, 0) is 4.79 Å². The maximum Gasteiger partial charge on any atom is 0.264 e. The van der Waals surface area contributed by atoms with Gasteiger partial charge in [-0.3, -0.25) is 9.79 Å². The molecule has 130 valence electrons. The number of aryl methyl sites for hydroxylation is 1. The number of thioether (sulfide) groups is 1. The van der Waals surface area contributed by atoms with Crippen LogP contribution in [0.15, 0.2) is 32.5 Å². The van der Waals surface area contributed by atoms with Gasteiger partial charge in [0.1, 0.15) is 5.52 Å². The van der Waals surface area contributed by atoms with Gasteiger partial charge in [-0.05, 0) is 61.2 Å². The molecule has 2 fully saturated rings. The Bertz CT molecular complexity index is 879. The molecule has 0 radical (unpaired) electrons. The quantitative estimate of drug-likeness (QED) is 0.807. The van der Waals surface area contributed by atoms with E-state index in [9.17, 15) is 9.90 Å². The summed E-state index contributed by atoms with van der Waals surface area (Å²) in [5, 5.41) is 13.0. The second-order valence-corrected chi connectivity index (χ2v) is 7.45. The molecular weight excluding hydrogens is 338 g/mol. The summed E-state index contributed by atoms with van der Waals surface area (Å²) in [5.41, 5.74) is 2.41. The van der Waals surface area contributed by atoms with Gasteiger partial charge in [-0.1, -0.05) is 6.07 Å². The van der Waals surface area contributed by atoms with Gasteiger partial charge < -0.3 is 14.8 Å². The Morgan fingerprint density at radius 3 is 2.96 bits per heavy atom. The minimum absolute atomic E-state index is 0.131. The molecule has 2 aliphatic rings. The average molecular weight is 357 g/mol. The van der Waals surface area contributed by atoms with Crippen LogP contribution in [-0.4, -0.2) is 33.3 Å². The number of aromatic nitrogens is 1. The van der Waals surface area contributed by atoms with E-state index in [1.54, 1.807) is 0 Å². The molecule has 1 aromatic carbocycles. The third-order valence-electron chi connectivity index (χ3n) is 4.43. The normalized spacial score (nSPS) is 27.4. The SMILES string of the molecule is Cc1nc2ccc(C=C3SC(=N[C@H]4CC[C@H](O)CC4)NC3=O)cc2o1. The van der Waals surface area contributed by atoms with E-state index in [-0.39, 0.29) is 18.1 Å². The first-order valence-corrected chi connectivity index (χ1v) is 9.22. The number of carbonyl (C=O) groups is 1. The van der Waals surface area contributed by atoms with Crippen molar-refractivity contribution >= 4 is 40.0 Å². The minimum atomic E-state index is -0.202. The van der Waals surface area contributed by atoms with Gasteiger partial charge in [0.05, 0.1) is 17.1 Å². The van der Waals surface area contributed by atoms with Crippen LogP contribution < -0.4 is 5.32 Å². The average Bonchev–Trinajstić information content (AvgIpc) is 3.11. The van der Waals surface area contributed by atoms with E-state index in [1.165, 1.54) is 11.8 Å². The van der Waals surface area contributed by atoms with E-state index in [2.05, 4.69) is 15.3 Å². The number of oxazole rings is 1. The first kappa shape index (κ1) is 16.4. The van der Waals surface area contributed by atoms with Crippen molar-refractivity contribution in [1.29, 1.82) is 0 Å². The van der Waals surface area contributed by atoms with E-state index in [0.717, 1.165) is 36.8 Å². The van der Waals surface area contributed by atoms with Crippen molar-refractivity contribution in [3.8, 4) is 0 Å². The van der Waals surface area contributed by atoms with Crippen LogP contribution in [0.25, 0.3) is 17.2 Å². The molecule has 2 heterocycles. The molecule has 25 heavy (non-hydrogen) atoms. The summed E-state index contributed by atoms with van der Waals surface area (Å²) < 4.78 is 5.54. The fourth-order valence-corrected chi connectivity index (χ4v) is 4.03. The third kappa shape index (κ3) is 3.62. The second kappa shape index (κ2) is 6.65. The van der Waals surface area contributed by atoms with E-state index >= 15 is 0 Å². The summed E-state index contributed by atoms with van der Waals surface area (Å²) >= 11 is 1.36. The number of hydrogen-bond donors (Lipinski definition) is 2. The van der Waals surface area contributed by atoms with Crippen molar-refractivity contribution in [2.45, 2.75) is 44.8 Å². The number of hydrogen-bond acceptors (Lipinski definition) is 6. The Morgan fingerprint density at radius 1 is 1.36 bits per heavy atom. The highest BCUT2D eigenvalue weighted by molar-refractivity contribution is 8.18. The molecule has 1 saturated carbocycles. The van der Waals surface area contributed by atoms with E-state index < -0.39 is 0 Å². The predicted octanol–water partition coefficient (Wildman–Crippen LogP) is 3.00. The second-order valence-electron chi connectivity index (χ2n) is 6.42. The zero-order valence-electron chi connectivity index (χ0n) is 13.9. The molecule has 0 bridgehead atoms. The zero-order valence-corrected chi connectivity index (χ0v) is 14.7. The van der Waals surface area contributed by atoms with Crippen molar-refractivity contribution in [1.82, 2.24) is 10.3 Å². The zero-order chi connectivity index (χ0) is 17.4. The molecule has 1 aliphatic carbocycles. The summed E-state index contributed by atoms with van der Waals surface area (Å²) in [7, 11) is 0. The summed E-state index contributed by atoms with van der Waals surface area (Å²) in [5.74, 6) is 0.494. The first-order valence-electron chi connectivity index (χ1n) is 8.41. The van der Waals surface area contributed by atoms with Crippen molar-refractivity contribution < 1.29 is 14.3 Å². The number of amidine groups is 1. The monoisotopic (exact) mass is 357 g/mol. The highest BCUT2D eigenvalue weighted by atomic mass is 32.2. The number of benzene rings is 1. The predicted molar refractivity (Wildman–Crippen MR) is 98.2 cm³/mol. The molecule has 1 aromatic heterocycles. The van der Waals surface area contributed by atoms with Crippen molar-refractivity contribution in [2.75, 3.05) is 0 Å². The lowest BCUT2D eigenvalue weighted by molar-refractivity contribution is -0.115. The van der Waals surface area contributed by atoms with E-state index in [4.69, 9.17) is 4.42 Å². The highest BCUT2D eigenvalue weighted by Gasteiger charge is 2.26. The number of aliphatic imine (C=N–C) groups is 1. The number of rotatable bonds is 2. The Balaban J connectivity index is 1.51. The summed E-state index contributed by atoms with van der Waals surface area (Å²) in [6.45, 7) is 1.81. The number of fused-ring (bicyclic) bond motifs is 1. The van der Waals surface area contributed by atoms with Gasteiger partial charge in [0.25, 0.3) is 5.91 Å². The smallest absolute Gasteiger partial charge is 0.264 e. The maximum atomic E-state index is 12.2. The Morgan fingerprint density at radius 2 is 2.16 bits per heavy atom. The molecule has 1 amide bonds. The Kier molecular flexibility index (Phi) is 4.35. The fourth-order valence-electron chi connectivity index (χ4n) is 3.14. The van der Waals surface area contributed by atoms with Crippen LogP contribution in [0.4, 0.5) is 0 Å². The number of carbonyl (C=O) groups excluding carboxylic acids is 1. The first-order chi connectivity index (χ1) is 12.1. The Labute approximate surface area is 149 Å². The van der Waals surface area contributed by atoms with Crippen LogP contribution in [0.5, 0.6) is 0 Å². The summed E-state index contributed by atoms with van der Waals surface area (Å²) in [6.07, 6.45) is 4.92. The molecule has 0 unspecified atom stereocenters. The van der Waals surface area contributed by atoms with Gasteiger partial charge in [-0.15, -0.1) is 0 Å². The van der Waals surface area contributed by atoms with Gasteiger partial charge >= 0.3 is 0 Å². The molecule has 0 spiro atoms. The number of amides is 1. The van der Waals surface area contributed by atoms with Crippen LogP contribution in [0.1, 0.15) is 37.1 Å². The van der Waals surface area contributed by atoms with Crippen molar-refractivity contribution in [3.05, 3.63) is 34.6 Å². The van der Waals surface area contributed by atoms with Gasteiger partial charge in [0.15, 0.2) is 16.6 Å². The number of nitrogens with zero attached hydrogens (tertiary/aromatic N) is 2. The van der Waals surface area contributed by atoms with E-state index in [0.29, 0.717) is 21.5 Å². The van der Waals surface area contributed by atoms with Crippen molar-refractivity contribution in [2.24, 2.45) is 4.99 Å². The summed E-state index contributed by atoms with van der Waals surface area (Å²) in [6, 6.07) is 5.87. The van der Waals surface area contributed by atoms with Crippen molar-refractivity contribution in [3.63, 3.8) is 0 Å². The Hall–Kier alpha value is -2.12. The molecule has 1 aliphatic heterocycles. The molecular formula is C18H19N3O3S. The number of aliphatic hydroxyl groups excluding tert-OH is 1. The maximum absolute atomic E-state index is 12.2. The lowest BCUT2D eigenvalue weighted by Crippen LogP contribution is -2.25. The minimum Gasteiger partial charge on any atom is -0.441 e. The standard InChI is InChI=1S/C18H19N3O3S/c1-10-19-14-7-2-11(8-15(14)24-10)9-16-17(23)21-18(25-16)20-12-3-5-13(22)6-4-12/h2,7-9,12-13,22H,3-6H2,1H3,(H,20,21,23)/t12-,13-. The molecule has 4 rings (SSSR count). The van der Waals surface area contributed by atoms with Crippen LogP contribution in [0.2, 0.25) is 0 Å². The van der Waals surface area contributed by atoms with Crippen LogP contribution in [0, 0.1) is 6.92 Å². The summed E-state index contributed by atoms with van der Waals surface area (Å²) in [4.78, 5) is 21.7. The largest absolute Gasteiger partial charge is 0.441 e. The topological polar surface area (TPSA) is 87.7 Å². The fraction of sp³-hybridized carbons (Fsp3) is 0.389. The van der Waals surface area contributed by atoms with Crippen LogP contribution >= 0.6 is 11.8 Å². The van der Waals surface area contributed by atoms with E-state index in [1.807, 2.05) is 31.2 Å². The molecule has 0 atom stereocenters. The lowest BCUT2D eigenvalue weighted by atomic mass is 9.94. The molecule has 7 heteroatoms. The van der Waals surface area contributed by atoms with Gasteiger partial charge in [-0.25, -0.2) is 4.98 Å². The number of aliphatic hydroxyl groups is 1. The van der Waals surface area contributed by atoms with Gasteiger partial charge in [-0.2, -0.15) is 0 Å². The van der Waals surface area contributed by atoms with Crippen LogP contribution in [0.3, 0.4) is 0 Å². The van der Waals surface area contributed by atoms with Gasteiger partial charge in [0.2, 0.25) is 0 Å². The molecule has 2 N–H and O–H groups in total. The molecule has 2 aromatic rings. The number of nitrogens with one attached hydrogen (secondary N) is 1. The molecule has 6 nitrogen and oxygen atoms in total. The van der Waals surface area contributed by atoms with Gasteiger partial charge in [0, 0.05) is 6.92 Å². The molecule has 1 saturated heterocycles.